The van der Waals surface area contributed by atoms with Crippen molar-refractivity contribution >= 4 is 11.8 Å². The van der Waals surface area contributed by atoms with Gasteiger partial charge >= 0.3 is 6.03 Å². The van der Waals surface area contributed by atoms with Crippen LogP contribution < -0.4 is 15.5 Å². The minimum absolute atomic E-state index is 0.0270. The lowest BCUT2D eigenvalue weighted by Gasteiger charge is -2.43. The number of carbonyl (C=O) groups excluding carboxylic acids is 1. The van der Waals surface area contributed by atoms with Crippen LogP contribution in [-0.4, -0.2) is 55.2 Å². The summed E-state index contributed by atoms with van der Waals surface area (Å²) in [6, 6.07) is 3.78. The summed E-state index contributed by atoms with van der Waals surface area (Å²) in [5, 5.41) is 5.96. The van der Waals surface area contributed by atoms with E-state index in [0.29, 0.717) is 13.1 Å². The normalized spacial score (nSPS) is 18.7. The SMILES string of the molecule is CC1CCCN(C(C)(C)CNC(=O)NCc2ccnc(N(C)C)c2)C1. The van der Waals surface area contributed by atoms with Gasteiger partial charge < -0.3 is 15.5 Å². The van der Waals surface area contributed by atoms with Gasteiger partial charge in [0.1, 0.15) is 5.82 Å². The monoisotopic (exact) mass is 347 g/mol. The summed E-state index contributed by atoms with van der Waals surface area (Å²) in [6.45, 7) is 10.1. The van der Waals surface area contributed by atoms with Gasteiger partial charge in [-0.2, -0.15) is 0 Å². The van der Waals surface area contributed by atoms with E-state index in [1.165, 1.54) is 12.8 Å². The Morgan fingerprint density at radius 1 is 1.40 bits per heavy atom. The number of nitrogens with zero attached hydrogens (tertiary/aromatic N) is 3. The highest BCUT2D eigenvalue weighted by atomic mass is 16.2. The number of hydrogen-bond acceptors (Lipinski definition) is 4. The Labute approximate surface area is 152 Å². The zero-order chi connectivity index (χ0) is 18.4. The van der Waals surface area contributed by atoms with E-state index in [2.05, 4.69) is 41.3 Å². The topological polar surface area (TPSA) is 60.5 Å². The maximum atomic E-state index is 12.2. The number of carbonyl (C=O) groups is 1. The van der Waals surface area contributed by atoms with E-state index in [4.69, 9.17) is 0 Å². The molecule has 1 saturated heterocycles. The van der Waals surface area contributed by atoms with Gasteiger partial charge in [-0.1, -0.05) is 6.92 Å². The van der Waals surface area contributed by atoms with Crippen LogP contribution in [0, 0.1) is 5.92 Å². The molecule has 0 radical (unpaired) electrons. The van der Waals surface area contributed by atoms with Crippen LogP contribution in [0.15, 0.2) is 18.3 Å². The van der Waals surface area contributed by atoms with Gasteiger partial charge in [-0.3, -0.25) is 4.90 Å². The van der Waals surface area contributed by atoms with Crippen LogP contribution >= 0.6 is 0 Å². The minimum atomic E-state index is -0.124. The number of rotatable bonds is 6. The maximum Gasteiger partial charge on any atom is 0.315 e. The fraction of sp³-hybridized carbons (Fsp3) is 0.684. The second-order valence-corrected chi connectivity index (χ2v) is 7.96. The summed E-state index contributed by atoms with van der Waals surface area (Å²) in [5.41, 5.74) is 1.01. The van der Waals surface area contributed by atoms with Crippen molar-refractivity contribution in [2.75, 3.05) is 38.6 Å². The molecule has 2 rings (SSSR count). The lowest BCUT2D eigenvalue weighted by Crippen LogP contribution is -2.55. The third-order valence-electron chi connectivity index (χ3n) is 4.92. The van der Waals surface area contributed by atoms with Gasteiger partial charge in [-0.15, -0.1) is 0 Å². The predicted octanol–water partition coefficient (Wildman–Crippen LogP) is 2.46. The van der Waals surface area contributed by atoms with E-state index in [9.17, 15) is 4.79 Å². The first-order chi connectivity index (χ1) is 11.8. The first kappa shape index (κ1) is 19.5. The Kier molecular flexibility index (Phi) is 6.64. The van der Waals surface area contributed by atoms with E-state index in [1.807, 2.05) is 31.1 Å². The number of urea groups is 1. The first-order valence-electron chi connectivity index (χ1n) is 9.17. The molecule has 0 aliphatic carbocycles. The Balaban J connectivity index is 1.79. The molecule has 1 fully saturated rings. The number of nitrogens with one attached hydrogen (secondary N) is 2. The molecule has 0 saturated carbocycles. The van der Waals surface area contributed by atoms with Gasteiger partial charge in [-0.25, -0.2) is 9.78 Å². The van der Waals surface area contributed by atoms with Gasteiger partial charge in [0.15, 0.2) is 0 Å². The molecule has 1 aliphatic rings. The number of aromatic nitrogens is 1. The van der Waals surface area contributed by atoms with Crippen LogP contribution in [0.1, 0.15) is 39.2 Å². The number of likely N-dealkylation sites (tertiary alicyclic amines) is 1. The van der Waals surface area contributed by atoms with Crippen molar-refractivity contribution in [2.45, 2.75) is 45.7 Å². The molecule has 2 N–H and O–H groups in total. The lowest BCUT2D eigenvalue weighted by atomic mass is 9.93. The Morgan fingerprint density at radius 2 is 2.16 bits per heavy atom. The van der Waals surface area contributed by atoms with Crippen molar-refractivity contribution in [3.63, 3.8) is 0 Å². The lowest BCUT2D eigenvalue weighted by molar-refractivity contribution is 0.0724. The summed E-state index contributed by atoms with van der Waals surface area (Å²) in [7, 11) is 3.91. The summed E-state index contributed by atoms with van der Waals surface area (Å²) in [5.74, 6) is 1.62. The zero-order valence-electron chi connectivity index (χ0n) is 16.3. The average molecular weight is 348 g/mol. The summed E-state index contributed by atoms with van der Waals surface area (Å²) < 4.78 is 0. The number of piperidine rings is 1. The van der Waals surface area contributed by atoms with Crippen molar-refractivity contribution in [2.24, 2.45) is 5.92 Å². The second-order valence-electron chi connectivity index (χ2n) is 7.96. The maximum absolute atomic E-state index is 12.2. The van der Waals surface area contributed by atoms with Crippen LogP contribution in [-0.2, 0) is 6.54 Å². The quantitative estimate of drug-likeness (QED) is 0.830. The van der Waals surface area contributed by atoms with Crippen LogP contribution in [0.2, 0.25) is 0 Å². The fourth-order valence-electron chi connectivity index (χ4n) is 3.21. The third-order valence-corrected chi connectivity index (χ3v) is 4.92. The smallest absolute Gasteiger partial charge is 0.315 e. The van der Waals surface area contributed by atoms with E-state index >= 15 is 0 Å². The van der Waals surface area contributed by atoms with E-state index < -0.39 is 0 Å². The molecule has 2 heterocycles. The molecule has 1 aromatic heterocycles. The molecule has 2 amide bonds. The third kappa shape index (κ3) is 5.88. The Morgan fingerprint density at radius 3 is 2.84 bits per heavy atom. The van der Waals surface area contributed by atoms with Crippen molar-refractivity contribution < 1.29 is 4.79 Å². The van der Waals surface area contributed by atoms with Gasteiger partial charge in [0.2, 0.25) is 0 Å². The zero-order valence-corrected chi connectivity index (χ0v) is 16.3. The molecule has 25 heavy (non-hydrogen) atoms. The van der Waals surface area contributed by atoms with Crippen LogP contribution in [0.5, 0.6) is 0 Å². The van der Waals surface area contributed by atoms with Gasteiger partial charge in [0.25, 0.3) is 0 Å². The molecule has 6 nitrogen and oxygen atoms in total. The molecule has 1 atom stereocenters. The predicted molar refractivity (Wildman–Crippen MR) is 103 cm³/mol. The molecule has 140 valence electrons. The molecule has 1 aliphatic heterocycles. The number of hydrogen-bond donors (Lipinski definition) is 2. The molecule has 0 bridgehead atoms. The van der Waals surface area contributed by atoms with Crippen LogP contribution in [0.3, 0.4) is 0 Å². The number of anilines is 1. The minimum Gasteiger partial charge on any atom is -0.363 e. The van der Waals surface area contributed by atoms with E-state index in [-0.39, 0.29) is 11.6 Å². The van der Waals surface area contributed by atoms with Crippen LogP contribution in [0.25, 0.3) is 0 Å². The van der Waals surface area contributed by atoms with Gasteiger partial charge in [-0.05, 0) is 56.8 Å². The van der Waals surface area contributed by atoms with Gasteiger partial charge in [0, 0.05) is 45.5 Å². The highest BCUT2D eigenvalue weighted by Crippen LogP contribution is 2.23. The first-order valence-corrected chi connectivity index (χ1v) is 9.17. The number of amides is 2. The largest absolute Gasteiger partial charge is 0.363 e. The van der Waals surface area contributed by atoms with E-state index in [0.717, 1.165) is 30.4 Å². The molecular weight excluding hydrogens is 314 g/mol. The Bertz CT molecular complexity index is 573. The average Bonchev–Trinajstić information content (AvgIpc) is 2.58. The highest BCUT2D eigenvalue weighted by Gasteiger charge is 2.30. The fourth-order valence-corrected chi connectivity index (χ4v) is 3.21. The molecule has 1 unspecified atom stereocenters. The van der Waals surface area contributed by atoms with Crippen molar-refractivity contribution in [3.8, 4) is 0 Å². The molecule has 0 aromatic carbocycles. The molecule has 6 heteroatoms. The van der Waals surface area contributed by atoms with Crippen molar-refractivity contribution in [1.82, 2.24) is 20.5 Å². The Hall–Kier alpha value is -1.82. The van der Waals surface area contributed by atoms with Gasteiger partial charge in [0.05, 0.1) is 0 Å². The molecule has 0 spiro atoms. The molecule has 1 aromatic rings. The molecular formula is C19H33N5O. The van der Waals surface area contributed by atoms with Crippen molar-refractivity contribution in [3.05, 3.63) is 23.9 Å². The standard InChI is InChI=1S/C19H33N5O/c1-15-7-6-10-24(13-15)19(2,3)14-22-18(25)21-12-16-8-9-20-17(11-16)23(4)5/h8-9,11,15H,6-7,10,12-14H2,1-5H3,(H2,21,22,25). The van der Waals surface area contributed by atoms with Crippen LogP contribution in [0.4, 0.5) is 10.6 Å². The van der Waals surface area contributed by atoms with Crippen molar-refractivity contribution in [1.29, 1.82) is 0 Å². The summed E-state index contributed by atoms with van der Waals surface area (Å²) >= 11 is 0. The summed E-state index contributed by atoms with van der Waals surface area (Å²) in [4.78, 5) is 20.9. The van der Waals surface area contributed by atoms with E-state index in [1.54, 1.807) is 6.20 Å². The number of pyridine rings is 1. The highest BCUT2D eigenvalue weighted by molar-refractivity contribution is 5.73. The summed E-state index contributed by atoms with van der Waals surface area (Å²) in [6.07, 6.45) is 4.32. The second kappa shape index (κ2) is 8.52.